The number of esters is 2. The summed E-state index contributed by atoms with van der Waals surface area (Å²) in [6.45, 7) is 4.59. The van der Waals surface area contributed by atoms with Crippen LogP contribution in [0.5, 0.6) is 0 Å². The number of carbonyl (C=O) groups is 3. The first kappa shape index (κ1) is 22.4. The van der Waals surface area contributed by atoms with Crippen LogP contribution in [0.15, 0.2) is 12.2 Å². The molecule has 148 valence electrons. The maximum atomic E-state index is 12.7. The van der Waals surface area contributed by atoms with Gasteiger partial charge in [-0.05, 0) is 18.6 Å². The third-order valence-electron chi connectivity index (χ3n) is 4.62. The van der Waals surface area contributed by atoms with E-state index < -0.39 is 35.5 Å². The third-order valence-corrected chi connectivity index (χ3v) is 4.62. The molecule has 1 aliphatic rings. The quantitative estimate of drug-likeness (QED) is 0.323. The molecular formula is C20H32O6. The summed E-state index contributed by atoms with van der Waals surface area (Å²) in [5.74, 6) is -1.69. The standard InChI is InChI=1S/C20H32O6/c1-4-5-6-7-8-9-10-11-12-17(23)20(24)18(25-15(2)21)13-14-19(20)26-16(3)22/h13-14,18-19,24H,4-12H2,1-3H3/t18-,19?,20?/m1/s1. The minimum absolute atomic E-state index is 0.155. The van der Waals surface area contributed by atoms with Gasteiger partial charge in [-0.15, -0.1) is 0 Å². The van der Waals surface area contributed by atoms with Crippen molar-refractivity contribution in [1.82, 2.24) is 0 Å². The number of Topliss-reactive ketones (excluding diaryl/α,β-unsaturated/α-hetero) is 1. The molecule has 0 spiro atoms. The molecule has 1 aliphatic carbocycles. The van der Waals surface area contributed by atoms with Gasteiger partial charge in [-0.1, -0.05) is 51.9 Å². The summed E-state index contributed by atoms with van der Waals surface area (Å²) in [4.78, 5) is 35.2. The van der Waals surface area contributed by atoms with Crippen LogP contribution in [0.3, 0.4) is 0 Å². The number of unbranched alkanes of at least 4 members (excludes halogenated alkanes) is 7. The SMILES string of the molecule is CCCCCCCCCCC(=O)C1(O)C(OC(C)=O)C=C[C@H]1OC(C)=O. The number of hydrogen-bond donors (Lipinski definition) is 1. The number of ether oxygens (including phenoxy) is 2. The van der Waals surface area contributed by atoms with Crippen molar-refractivity contribution in [3.63, 3.8) is 0 Å². The normalized spacial score (nSPS) is 24.5. The first-order valence-corrected chi connectivity index (χ1v) is 9.60. The van der Waals surface area contributed by atoms with Crippen molar-refractivity contribution in [2.45, 2.75) is 96.4 Å². The van der Waals surface area contributed by atoms with E-state index in [1.165, 1.54) is 51.7 Å². The van der Waals surface area contributed by atoms with Crippen LogP contribution in [0.1, 0.15) is 78.6 Å². The second kappa shape index (κ2) is 11.1. The Hall–Kier alpha value is -1.69. The van der Waals surface area contributed by atoms with Crippen LogP contribution >= 0.6 is 0 Å². The Kier molecular flexibility index (Phi) is 9.55. The third kappa shape index (κ3) is 6.56. The highest BCUT2D eigenvalue weighted by molar-refractivity contribution is 5.90. The van der Waals surface area contributed by atoms with Gasteiger partial charge in [0.1, 0.15) is 0 Å². The Morgan fingerprint density at radius 2 is 1.27 bits per heavy atom. The zero-order chi connectivity index (χ0) is 19.6. The number of rotatable bonds is 12. The van der Waals surface area contributed by atoms with Crippen LogP contribution in [0.4, 0.5) is 0 Å². The first-order valence-electron chi connectivity index (χ1n) is 9.60. The average molecular weight is 368 g/mol. The fourth-order valence-electron chi connectivity index (χ4n) is 3.21. The predicted molar refractivity (Wildman–Crippen MR) is 97.4 cm³/mol. The molecule has 0 fully saturated rings. The Morgan fingerprint density at radius 3 is 1.69 bits per heavy atom. The topological polar surface area (TPSA) is 89.9 Å². The minimum Gasteiger partial charge on any atom is -0.455 e. The summed E-state index contributed by atoms with van der Waals surface area (Å²) >= 11 is 0. The van der Waals surface area contributed by atoms with Gasteiger partial charge < -0.3 is 14.6 Å². The predicted octanol–water partition coefficient (Wildman–Crippen LogP) is 3.25. The van der Waals surface area contributed by atoms with Crippen LogP contribution in [-0.2, 0) is 23.9 Å². The Morgan fingerprint density at radius 1 is 0.846 bits per heavy atom. The summed E-state index contributed by atoms with van der Waals surface area (Å²) in [5.41, 5.74) is -2.04. The van der Waals surface area contributed by atoms with E-state index in [9.17, 15) is 19.5 Å². The molecule has 1 N–H and O–H groups in total. The van der Waals surface area contributed by atoms with Crippen molar-refractivity contribution in [2.24, 2.45) is 0 Å². The molecule has 26 heavy (non-hydrogen) atoms. The highest BCUT2D eigenvalue weighted by Gasteiger charge is 2.55. The maximum Gasteiger partial charge on any atom is 0.303 e. The van der Waals surface area contributed by atoms with Crippen molar-refractivity contribution in [3.05, 3.63) is 12.2 Å². The van der Waals surface area contributed by atoms with Crippen molar-refractivity contribution < 1.29 is 29.0 Å². The lowest BCUT2D eigenvalue weighted by atomic mass is 9.87. The first-order chi connectivity index (χ1) is 12.3. The Labute approximate surface area is 155 Å². The van der Waals surface area contributed by atoms with E-state index in [1.54, 1.807) is 0 Å². The Balaban J connectivity index is 2.54. The zero-order valence-electron chi connectivity index (χ0n) is 16.2. The number of aliphatic hydroxyl groups is 1. The minimum atomic E-state index is -2.04. The molecule has 0 saturated carbocycles. The smallest absolute Gasteiger partial charge is 0.303 e. The molecule has 0 aromatic heterocycles. The molecule has 0 radical (unpaired) electrons. The summed E-state index contributed by atoms with van der Waals surface area (Å²) < 4.78 is 10.1. The van der Waals surface area contributed by atoms with E-state index in [0.29, 0.717) is 6.42 Å². The molecule has 3 atom stereocenters. The number of carbonyl (C=O) groups excluding carboxylic acids is 3. The van der Waals surface area contributed by atoms with E-state index in [1.807, 2.05) is 0 Å². The molecule has 0 aliphatic heterocycles. The molecule has 2 unspecified atom stereocenters. The van der Waals surface area contributed by atoms with Gasteiger partial charge in [0.25, 0.3) is 0 Å². The Bertz CT molecular complexity index is 484. The van der Waals surface area contributed by atoms with Gasteiger partial charge in [0.2, 0.25) is 5.60 Å². The van der Waals surface area contributed by atoms with Crippen LogP contribution < -0.4 is 0 Å². The van der Waals surface area contributed by atoms with Crippen molar-refractivity contribution >= 4 is 17.7 Å². The molecule has 0 heterocycles. The van der Waals surface area contributed by atoms with E-state index in [4.69, 9.17) is 9.47 Å². The maximum absolute atomic E-state index is 12.7. The molecule has 0 bridgehead atoms. The lowest BCUT2D eigenvalue weighted by Gasteiger charge is -2.32. The number of hydrogen-bond acceptors (Lipinski definition) is 6. The van der Waals surface area contributed by atoms with Gasteiger partial charge in [-0.25, -0.2) is 0 Å². The highest BCUT2D eigenvalue weighted by atomic mass is 16.6. The molecule has 6 heteroatoms. The lowest BCUT2D eigenvalue weighted by Crippen LogP contribution is -2.56. The number of ketones is 1. The van der Waals surface area contributed by atoms with E-state index in [-0.39, 0.29) is 6.42 Å². The highest BCUT2D eigenvalue weighted by Crippen LogP contribution is 2.32. The van der Waals surface area contributed by atoms with Gasteiger partial charge in [-0.2, -0.15) is 0 Å². The average Bonchev–Trinajstić information content (AvgIpc) is 2.86. The van der Waals surface area contributed by atoms with E-state index >= 15 is 0 Å². The molecule has 0 saturated heterocycles. The molecule has 6 nitrogen and oxygen atoms in total. The van der Waals surface area contributed by atoms with E-state index in [0.717, 1.165) is 19.3 Å². The van der Waals surface area contributed by atoms with Crippen LogP contribution in [0.2, 0.25) is 0 Å². The molecule has 1 rings (SSSR count). The van der Waals surface area contributed by atoms with Crippen molar-refractivity contribution in [2.75, 3.05) is 0 Å². The second-order valence-corrected chi connectivity index (χ2v) is 6.92. The fourth-order valence-corrected chi connectivity index (χ4v) is 3.21. The molecule has 0 aromatic rings. The van der Waals surface area contributed by atoms with Gasteiger partial charge in [0.05, 0.1) is 0 Å². The summed E-state index contributed by atoms with van der Waals surface area (Å²) in [7, 11) is 0. The largest absolute Gasteiger partial charge is 0.455 e. The second-order valence-electron chi connectivity index (χ2n) is 6.92. The molecule has 0 amide bonds. The summed E-state index contributed by atoms with van der Waals surface area (Å²) in [5, 5.41) is 10.9. The monoisotopic (exact) mass is 368 g/mol. The van der Waals surface area contributed by atoms with Gasteiger partial charge >= 0.3 is 11.9 Å². The molecular weight excluding hydrogens is 336 g/mol. The van der Waals surface area contributed by atoms with Gasteiger partial charge in [0, 0.05) is 20.3 Å². The summed E-state index contributed by atoms with van der Waals surface area (Å²) in [6.07, 6.45) is 9.36. The molecule has 0 aromatic carbocycles. The summed E-state index contributed by atoms with van der Waals surface area (Å²) in [6, 6.07) is 0. The fraction of sp³-hybridized carbons (Fsp3) is 0.750. The van der Waals surface area contributed by atoms with Gasteiger partial charge in [-0.3, -0.25) is 14.4 Å². The van der Waals surface area contributed by atoms with Crippen LogP contribution in [0, 0.1) is 0 Å². The van der Waals surface area contributed by atoms with Crippen LogP contribution in [0.25, 0.3) is 0 Å². The van der Waals surface area contributed by atoms with Crippen molar-refractivity contribution in [3.8, 4) is 0 Å². The lowest BCUT2D eigenvalue weighted by molar-refractivity contribution is -0.180. The zero-order valence-corrected chi connectivity index (χ0v) is 16.2. The van der Waals surface area contributed by atoms with Crippen LogP contribution in [-0.4, -0.2) is 40.6 Å². The van der Waals surface area contributed by atoms with Crippen molar-refractivity contribution in [1.29, 1.82) is 0 Å². The van der Waals surface area contributed by atoms with E-state index in [2.05, 4.69) is 6.92 Å². The van der Waals surface area contributed by atoms with Gasteiger partial charge in [0.15, 0.2) is 18.0 Å².